The molecule has 0 saturated heterocycles. The summed E-state index contributed by atoms with van der Waals surface area (Å²) in [4.78, 5) is 0. The first-order valence-electron chi connectivity index (χ1n) is 7.97. The molecule has 0 bridgehead atoms. The van der Waals surface area contributed by atoms with Crippen molar-refractivity contribution >= 4 is 5.57 Å². The van der Waals surface area contributed by atoms with Crippen molar-refractivity contribution in [2.75, 3.05) is 0 Å². The standard InChI is InChI=1S/C18H13N.2C2H6/c1-14(2)18-5-3-4-16(12-18)9-6-15-7-10-17(13-19)11-8-15;2*1-2/h3-5,7-8,10-12H,1H2,2H3;2*1-2H3. The molecule has 0 aliphatic heterocycles. The molecule has 0 spiro atoms. The van der Waals surface area contributed by atoms with E-state index in [0.717, 1.165) is 22.3 Å². The quantitative estimate of drug-likeness (QED) is 0.589. The molecule has 0 aliphatic carbocycles. The summed E-state index contributed by atoms with van der Waals surface area (Å²) in [7, 11) is 0. The molecule has 0 N–H and O–H groups in total. The molecule has 2 aromatic rings. The average Bonchev–Trinajstić information content (AvgIpc) is 2.64. The van der Waals surface area contributed by atoms with Gasteiger partial charge < -0.3 is 0 Å². The van der Waals surface area contributed by atoms with E-state index in [1.165, 1.54) is 0 Å². The number of allylic oxidation sites excluding steroid dienone is 1. The molecule has 0 heterocycles. The molecule has 0 fully saturated rings. The normalized spacial score (nSPS) is 8.00. The Morgan fingerprint density at radius 2 is 1.35 bits per heavy atom. The zero-order valence-corrected chi connectivity index (χ0v) is 14.8. The van der Waals surface area contributed by atoms with Crippen molar-refractivity contribution < 1.29 is 0 Å². The Morgan fingerprint density at radius 1 is 0.826 bits per heavy atom. The van der Waals surface area contributed by atoms with E-state index in [1.807, 2.05) is 71.0 Å². The summed E-state index contributed by atoms with van der Waals surface area (Å²) in [6.45, 7) is 13.9. The van der Waals surface area contributed by atoms with Crippen LogP contribution >= 0.6 is 0 Å². The second-order valence-corrected chi connectivity index (χ2v) is 4.30. The average molecular weight is 303 g/mol. The van der Waals surface area contributed by atoms with Gasteiger partial charge in [-0.2, -0.15) is 5.26 Å². The number of hydrogen-bond donors (Lipinski definition) is 0. The first-order chi connectivity index (χ1) is 11.2. The molecule has 0 aliphatic rings. The number of hydrogen-bond acceptors (Lipinski definition) is 1. The fraction of sp³-hybridized carbons (Fsp3) is 0.227. The molecule has 1 heteroatoms. The Bertz CT molecular complexity index is 704. The van der Waals surface area contributed by atoms with E-state index in [0.29, 0.717) is 5.56 Å². The van der Waals surface area contributed by atoms with Gasteiger partial charge in [-0.3, -0.25) is 0 Å². The van der Waals surface area contributed by atoms with Crippen LogP contribution in [0.4, 0.5) is 0 Å². The number of benzene rings is 2. The SMILES string of the molecule is C=C(C)c1cccc(C#Cc2ccc(C#N)cc2)c1.CC.CC. The van der Waals surface area contributed by atoms with Crippen molar-refractivity contribution in [3.8, 4) is 17.9 Å². The molecule has 2 rings (SSSR count). The van der Waals surface area contributed by atoms with Crippen LogP contribution in [0.2, 0.25) is 0 Å². The third-order valence-corrected chi connectivity index (χ3v) is 2.72. The molecule has 23 heavy (non-hydrogen) atoms. The van der Waals surface area contributed by atoms with Gasteiger partial charge in [0.05, 0.1) is 11.6 Å². The lowest BCUT2D eigenvalue weighted by Crippen LogP contribution is -1.81. The lowest BCUT2D eigenvalue weighted by molar-refractivity contribution is 1.48. The largest absolute Gasteiger partial charge is 0.192 e. The maximum Gasteiger partial charge on any atom is 0.0991 e. The van der Waals surface area contributed by atoms with Crippen LogP contribution in [0.15, 0.2) is 55.1 Å². The second-order valence-electron chi connectivity index (χ2n) is 4.30. The molecule has 0 unspecified atom stereocenters. The van der Waals surface area contributed by atoms with Crippen LogP contribution in [0.3, 0.4) is 0 Å². The van der Waals surface area contributed by atoms with Gasteiger partial charge in [-0.15, -0.1) is 0 Å². The highest BCUT2D eigenvalue weighted by molar-refractivity contribution is 5.63. The van der Waals surface area contributed by atoms with E-state index < -0.39 is 0 Å². The Kier molecular flexibility index (Phi) is 10.4. The zero-order chi connectivity index (χ0) is 17.7. The topological polar surface area (TPSA) is 23.8 Å². The smallest absolute Gasteiger partial charge is 0.0991 e. The van der Waals surface area contributed by atoms with Crippen molar-refractivity contribution in [2.24, 2.45) is 0 Å². The Balaban J connectivity index is 0.00000112. The van der Waals surface area contributed by atoms with Crippen molar-refractivity contribution in [2.45, 2.75) is 34.6 Å². The van der Waals surface area contributed by atoms with Crippen molar-refractivity contribution in [3.05, 3.63) is 77.4 Å². The van der Waals surface area contributed by atoms with E-state index in [4.69, 9.17) is 5.26 Å². The van der Waals surface area contributed by atoms with Crippen LogP contribution in [0.5, 0.6) is 0 Å². The monoisotopic (exact) mass is 303 g/mol. The van der Waals surface area contributed by atoms with Crippen LogP contribution in [0.1, 0.15) is 56.9 Å². The Morgan fingerprint density at radius 3 is 1.87 bits per heavy atom. The highest BCUT2D eigenvalue weighted by Gasteiger charge is 1.94. The maximum atomic E-state index is 8.72. The minimum absolute atomic E-state index is 0.648. The van der Waals surface area contributed by atoms with E-state index in [9.17, 15) is 0 Å². The summed E-state index contributed by atoms with van der Waals surface area (Å²) >= 11 is 0. The predicted molar refractivity (Wildman–Crippen MR) is 101 cm³/mol. The highest BCUT2D eigenvalue weighted by atomic mass is 14.2. The third kappa shape index (κ3) is 7.16. The molecule has 0 amide bonds. The van der Waals surface area contributed by atoms with Crippen LogP contribution < -0.4 is 0 Å². The fourth-order valence-electron chi connectivity index (χ4n) is 1.63. The molecule has 1 nitrogen and oxygen atoms in total. The van der Waals surface area contributed by atoms with Gasteiger partial charge in [0.2, 0.25) is 0 Å². The highest BCUT2D eigenvalue weighted by Crippen LogP contribution is 2.12. The van der Waals surface area contributed by atoms with Gasteiger partial charge in [0.1, 0.15) is 0 Å². The lowest BCUT2D eigenvalue weighted by Gasteiger charge is -1.99. The zero-order valence-electron chi connectivity index (χ0n) is 14.8. The summed E-state index contributed by atoms with van der Waals surface area (Å²) in [5.74, 6) is 6.21. The van der Waals surface area contributed by atoms with Crippen molar-refractivity contribution in [1.29, 1.82) is 5.26 Å². The van der Waals surface area contributed by atoms with Gasteiger partial charge in [0.15, 0.2) is 0 Å². The number of nitriles is 1. The van der Waals surface area contributed by atoms with E-state index >= 15 is 0 Å². The second kappa shape index (κ2) is 11.8. The summed E-state index contributed by atoms with van der Waals surface area (Å²) in [6.07, 6.45) is 0. The fourth-order valence-corrected chi connectivity index (χ4v) is 1.63. The molecule has 0 atom stereocenters. The van der Waals surface area contributed by atoms with Crippen LogP contribution in [-0.2, 0) is 0 Å². The summed E-state index contributed by atoms with van der Waals surface area (Å²) in [5.41, 5.74) is 4.65. The summed E-state index contributed by atoms with van der Waals surface area (Å²) in [5, 5.41) is 8.72. The lowest BCUT2D eigenvalue weighted by atomic mass is 10.1. The first kappa shape index (κ1) is 20.2. The Hall–Kier alpha value is -2.77. The van der Waals surface area contributed by atoms with Crippen LogP contribution in [-0.4, -0.2) is 0 Å². The summed E-state index contributed by atoms with van der Waals surface area (Å²) < 4.78 is 0. The molecular formula is C22H25N. The van der Waals surface area contributed by atoms with Gasteiger partial charge in [0.25, 0.3) is 0 Å². The molecular weight excluding hydrogens is 278 g/mol. The van der Waals surface area contributed by atoms with Gasteiger partial charge >= 0.3 is 0 Å². The van der Waals surface area contributed by atoms with Crippen molar-refractivity contribution in [3.63, 3.8) is 0 Å². The van der Waals surface area contributed by atoms with E-state index in [1.54, 1.807) is 12.1 Å². The maximum absolute atomic E-state index is 8.72. The van der Waals surface area contributed by atoms with Gasteiger partial charge in [-0.05, 0) is 48.9 Å². The van der Waals surface area contributed by atoms with E-state index in [2.05, 4.69) is 24.5 Å². The van der Waals surface area contributed by atoms with Gasteiger partial charge in [-0.1, -0.05) is 63.8 Å². The van der Waals surface area contributed by atoms with Gasteiger partial charge in [-0.25, -0.2) is 0 Å². The molecule has 0 aromatic heterocycles. The number of rotatable bonds is 1. The minimum atomic E-state index is 0.648. The van der Waals surface area contributed by atoms with Crippen LogP contribution in [0, 0.1) is 23.2 Å². The predicted octanol–water partition coefficient (Wildman–Crippen LogP) is 6.04. The first-order valence-corrected chi connectivity index (χ1v) is 7.97. The number of nitrogens with zero attached hydrogens (tertiary/aromatic N) is 1. The minimum Gasteiger partial charge on any atom is -0.192 e. The van der Waals surface area contributed by atoms with Crippen molar-refractivity contribution in [1.82, 2.24) is 0 Å². The van der Waals surface area contributed by atoms with Gasteiger partial charge in [0, 0.05) is 11.1 Å². The molecule has 2 aromatic carbocycles. The molecule has 0 saturated carbocycles. The summed E-state index contributed by atoms with van der Waals surface area (Å²) in [6, 6.07) is 17.3. The Labute approximate surface area is 141 Å². The molecule has 0 radical (unpaired) electrons. The van der Waals surface area contributed by atoms with E-state index in [-0.39, 0.29) is 0 Å². The molecule has 118 valence electrons. The third-order valence-electron chi connectivity index (χ3n) is 2.72. The van der Waals surface area contributed by atoms with Crippen LogP contribution in [0.25, 0.3) is 5.57 Å².